The fraction of sp³-hybridized carbons (Fsp3) is 0.357. The summed E-state index contributed by atoms with van der Waals surface area (Å²) >= 11 is 7.37. The minimum Gasteiger partial charge on any atom is -0.478 e. The van der Waals surface area contributed by atoms with Crippen LogP contribution >= 0.6 is 23.4 Å². The van der Waals surface area contributed by atoms with Crippen molar-refractivity contribution >= 4 is 29.3 Å². The molecule has 0 bridgehead atoms. The average Bonchev–Trinajstić information content (AvgIpc) is 2.84. The van der Waals surface area contributed by atoms with Crippen LogP contribution in [-0.4, -0.2) is 25.8 Å². The van der Waals surface area contributed by atoms with Gasteiger partial charge in [0, 0.05) is 11.4 Å². The van der Waals surface area contributed by atoms with Crippen LogP contribution in [0.4, 0.5) is 0 Å². The lowest BCUT2D eigenvalue weighted by Gasteiger charge is -2.08. The molecule has 5 nitrogen and oxygen atoms in total. The second kappa shape index (κ2) is 6.95. The minimum atomic E-state index is -1.02. The molecule has 0 radical (unpaired) electrons. The Hall–Kier alpha value is -1.53. The number of halogens is 1. The van der Waals surface area contributed by atoms with Gasteiger partial charge in [-0.15, -0.1) is 11.8 Å². The third-order valence-corrected chi connectivity index (χ3v) is 4.09. The van der Waals surface area contributed by atoms with Crippen molar-refractivity contribution in [1.82, 2.24) is 14.8 Å². The van der Waals surface area contributed by atoms with E-state index in [9.17, 15) is 4.79 Å². The van der Waals surface area contributed by atoms with Crippen molar-refractivity contribution in [3.05, 3.63) is 40.9 Å². The first kappa shape index (κ1) is 15.9. The number of rotatable bonds is 6. The van der Waals surface area contributed by atoms with Crippen molar-refractivity contribution in [2.75, 3.05) is 0 Å². The molecular weight excluding hydrogens is 310 g/mol. The quantitative estimate of drug-likeness (QED) is 0.822. The summed E-state index contributed by atoms with van der Waals surface area (Å²) in [5, 5.41) is 13.5. The molecule has 0 aliphatic heterocycles. The second-order valence-corrected chi connectivity index (χ2v) is 6.44. The smallest absolute Gasteiger partial charge is 0.337 e. The topological polar surface area (TPSA) is 68.0 Å². The summed E-state index contributed by atoms with van der Waals surface area (Å²) in [5.74, 6) is 0.975. The van der Waals surface area contributed by atoms with Gasteiger partial charge in [-0.25, -0.2) is 14.5 Å². The van der Waals surface area contributed by atoms with Crippen molar-refractivity contribution in [1.29, 1.82) is 0 Å². The van der Waals surface area contributed by atoms with Gasteiger partial charge in [-0.1, -0.05) is 25.4 Å². The van der Waals surface area contributed by atoms with Gasteiger partial charge in [0.15, 0.2) is 0 Å². The van der Waals surface area contributed by atoms with E-state index < -0.39 is 5.97 Å². The number of carbonyl (C=O) groups is 1. The predicted molar refractivity (Wildman–Crippen MR) is 82.8 cm³/mol. The molecule has 0 spiro atoms. The lowest BCUT2D eigenvalue weighted by molar-refractivity contribution is 0.0697. The molecule has 1 N–H and O–H groups in total. The monoisotopic (exact) mass is 325 g/mol. The fourth-order valence-electron chi connectivity index (χ4n) is 1.80. The maximum Gasteiger partial charge on any atom is 0.337 e. The molecule has 0 unspecified atom stereocenters. The zero-order chi connectivity index (χ0) is 15.4. The predicted octanol–water partition coefficient (Wildman–Crippen LogP) is 3.58. The van der Waals surface area contributed by atoms with Crippen molar-refractivity contribution in [2.24, 2.45) is 5.92 Å². The largest absolute Gasteiger partial charge is 0.478 e. The van der Waals surface area contributed by atoms with Crippen molar-refractivity contribution in [3.8, 4) is 0 Å². The summed E-state index contributed by atoms with van der Waals surface area (Å²) < 4.78 is 1.88. The Kier molecular flexibility index (Phi) is 5.25. The molecule has 2 aromatic rings. The number of thioether (sulfide) groups is 1. The van der Waals surface area contributed by atoms with Crippen LogP contribution in [0.25, 0.3) is 0 Å². The van der Waals surface area contributed by atoms with Crippen LogP contribution in [0.2, 0.25) is 5.02 Å². The summed E-state index contributed by atoms with van der Waals surface area (Å²) in [5.41, 5.74) is 0.116. The molecule has 0 saturated heterocycles. The zero-order valence-electron chi connectivity index (χ0n) is 11.8. The van der Waals surface area contributed by atoms with E-state index >= 15 is 0 Å². The molecule has 21 heavy (non-hydrogen) atoms. The number of nitrogens with zero attached hydrogens (tertiary/aromatic N) is 3. The van der Waals surface area contributed by atoms with E-state index in [-0.39, 0.29) is 10.6 Å². The lowest BCUT2D eigenvalue weighted by Crippen LogP contribution is -2.09. The minimum absolute atomic E-state index is 0.116. The van der Waals surface area contributed by atoms with Crippen molar-refractivity contribution in [2.45, 2.75) is 31.0 Å². The highest BCUT2D eigenvalue weighted by Gasteiger charge is 2.11. The van der Waals surface area contributed by atoms with Gasteiger partial charge in [-0.2, -0.15) is 5.10 Å². The third-order valence-electron chi connectivity index (χ3n) is 2.77. The van der Waals surface area contributed by atoms with Crippen LogP contribution in [0.5, 0.6) is 0 Å². The Morgan fingerprint density at radius 1 is 1.48 bits per heavy atom. The van der Waals surface area contributed by atoms with E-state index in [0.717, 1.165) is 17.3 Å². The molecule has 0 aliphatic rings. The van der Waals surface area contributed by atoms with Crippen molar-refractivity contribution < 1.29 is 9.90 Å². The lowest BCUT2D eigenvalue weighted by atomic mass is 10.2. The van der Waals surface area contributed by atoms with Gasteiger partial charge in [-0.3, -0.25) is 0 Å². The van der Waals surface area contributed by atoms with Crippen LogP contribution in [0.1, 0.15) is 30.0 Å². The molecule has 0 saturated carbocycles. The SMILES string of the molecule is CC(C)Cn1ncnc1CSc1ccc(Cl)c(C(=O)O)c1. The fourth-order valence-corrected chi connectivity index (χ4v) is 2.89. The normalized spacial score (nSPS) is 11.0. The maximum atomic E-state index is 11.1. The highest BCUT2D eigenvalue weighted by molar-refractivity contribution is 7.98. The van der Waals surface area contributed by atoms with Crippen LogP contribution < -0.4 is 0 Å². The Morgan fingerprint density at radius 3 is 2.90 bits per heavy atom. The van der Waals surface area contributed by atoms with Gasteiger partial charge in [0.05, 0.1) is 16.3 Å². The first-order chi connectivity index (χ1) is 9.97. The van der Waals surface area contributed by atoms with E-state index in [0.29, 0.717) is 11.7 Å². The molecule has 112 valence electrons. The van der Waals surface area contributed by atoms with Gasteiger partial charge in [0.1, 0.15) is 12.2 Å². The number of aromatic nitrogens is 3. The summed E-state index contributed by atoms with van der Waals surface area (Å²) in [6, 6.07) is 4.99. The number of carboxylic acid groups (broad SMARTS) is 1. The van der Waals surface area contributed by atoms with E-state index in [2.05, 4.69) is 23.9 Å². The van der Waals surface area contributed by atoms with E-state index in [1.165, 1.54) is 11.8 Å². The van der Waals surface area contributed by atoms with Crippen LogP contribution in [-0.2, 0) is 12.3 Å². The van der Waals surface area contributed by atoms with Crippen LogP contribution in [0.15, 0.2) is 29.4 Å². The molecule has 1 heterocycles. The van der Waals surface area contributed by atoms with Crippen LogP contribution in [0.3, 0.4) is 0 Å². The van der Waals surface area contributed by atoms with Gasteiger partial charge in [0.2, 0.25) is 0 Å². The van der Waals surface area contributed by atoms with Gasteiger partial charge in [0.25, 0.3) is 0 Å². The third kappa shape index (κ3) is 4.22. The standard InChI is InChI=1S/C14H16ClN3O2S/c1-9(2)6-18-13(16-8-17-18)7-21-10-3-4-12(15)11(5-10)14(19)20/h3-5,8-9H,6-7H2,1-2H3,(H,19,20). The highest BCUT2D eigenvalue weighted by Crippen LogP contribution is 2.26. The number of aromatic carboxylic acids is 1. The molecule has 7 heteroatoms. The van der Waals surface area contributed by atoms with E-state index in [1.807, 2.05) is 10.7 Å². The first-order valence-electron chi connectivity index (χ1n) is 6.49. The number of hydrogen-bond donors (Lipinski definition) is 1. The number of benzene rings is 1. The number of carboxylic acids is 1. The summed E-state index contributed by atoms with van der Waals surface area (Å²) in [4.78, 5) is 16.2. The second-order valence-electron chi connectivity index (χ2n) is 4.99. The molecule has 0 atom stereocenters. The molecule has 2 rings (SSSR count). The van der Waals surface area contributed by atoms with E-state index in [1.54, 1.807) is 18.5 Å². The number of hydrogen-bond acceptors (Lipinski definition) is 4. The maximum absolute atomic E-state index is 11.1. The Morgan fingerprint density at radius 2 is 2.24 bits per heavy atom. The average molecular weight is 326 g/mol. The Labute approximate surface area is 132 Å². The summed E-state index contributed by atoms with van der Waals surface area (Å²) in [6.07, 6.45) is 1.54. The summed E-state index contributed by atoms with van der Waals surface area (Å²) in [6.45, 7) is 5.06. The van der Waals surface area contributed by atoms with Gasteiger partial charge in [-0.05, 0) is 24.1 Å². The Bertz CT molecular complexity index is 643. The van der Waals surface area contributed by atoms with Gasteiger partial charge < -0.3 is 5.11 Å². The van der Waals surface area contributed by atoms with Crippen molar-refractivity contribution in [3.63, 3.8) is 0 Å². The molecule has 0 amide bonds. The van der Waals surface area contributed by atoms with Crippen LogP contribution in [0, 0.1) is 5.92 Å². The Balaban J connectivity index is 2.08. The molecule has 0 fully saturated rings. The molecular formula is C14H16ClN3O2S. The first-order valence-corrected chi connectivity index (χ1v) is 7.86. The van der Waals surface area contributed by atoms with Gasteiger partial charge >= 0.3 is 5.97 Å². The van der Waals surface area contributed by atoms with E-state index in [4.69, 9.17) is 16.7 Å². The highest BCUT2D eigenvalue weighted by atomic mass is 35.5. The summed E-state index contributed by atoms with van der Waals surface area (Å²) in [7, 11) is 0. The molecule has 0 aliphatic carbocycles. The molecule has 1 aromatic carbocycles. The molecule has 1 aromatic heterocycles. The zero-order valence-corrected chi connectivity index (χ0v) is 13.4.